The summed E-state index contributed by atoms with van der Waals surface area (Å²) in [5.74, 6) is 1.48. The normalized spacial score (nSPS) is 9.89. The average Bonchev–Trinajstić information content (AvgIpc) is 2.74. The Morgan fingerprint density at radius 1 is 1.04 bits per heavy atom. The number of pyridine rings is 1. The van der Waals surface area contributed by atoms with Gasteiger partial charge in [0.1, 0.15) is 17.3 Å². The second kappa shape index (κ2) is 8.56. The van der Waals surface area contributed by atoms with Crippen molar-refractivity contribution in [3.8, 4) is 17.6 Å². The van der Waals surface area contributed by atoms with E-state index >= 15 is 0 Å². The molecule has 140 valence electrons. The molecule has 0 atom stereocenters. The summed E-state index contributed by atoms with van der Waals surface area (Å²) in [6.07, 6.45) is 1.55. The van der Waals surface area contributed by atoms with Gasteiger partial charge < -0.3 is 20.1 Å². The molecule has 2 aromatic carbocycles. The van der Waals surface area contributed by atoms with Gasteiger partial charge in [-0.3, -0.25) is 4.79 Å². The number of rotatable bonds is 6. The van der Waals surface area contributed by atoms with E-state index in [0.717, 1.165) is 0 Å². The summed E-state index contributed by atoms with van der Waals surface area (Å²) >= 11 is 0. The Morgan fingerprint density at radius 3 is 2.50 bits per heavy atom. The molecule has 1 aromatic heterocycles. The maximum absolute atomic E-state index is 12.5. The summed E-state index contributed by atoms with van der Waals surface area (Å²) in [5.41, 5.74) is 2.27. The van der Waals surface area contributed by atoms with E-state index in [1.54, 1.807) is 68.9 Å². The predicted octanol–water partition coefficient (Wildman–Crippen LogP) is 3.97. The van der Waals surface area contributed by atoms with Crippen LogP contribution in [0.5, 0.6) is 11.5 Å². The van der Waals surface area contributed by atoms with Crippen molar-refractivity contribution in [1.29, 1.82) is 5.26 Å². The van der Waals surface area contributed by atoms with Gasteiger partial charge in [0.2, 0.25) is 0 Å². The highest BCUT2D eigenvalue weighted by Gasteiger charge is 2.10. The van der Waals surface area contributed by atoms with Crippen LogP contribution >= 0.6 is 0 Å². The molecule has 28 heavy (non-hydrogen) atoms. The van der Waals surface area contributed by atoms with Crippen LogP contribution in [0.1, 0.15) is 15.9 Å². The van der Waals surface area contributed by atoms with E-state index in [4.69, 9.17) is 14.7 Å². The Hall–Kier alpha value is -4.05. The maximum atomic E-state index is 12.5. The number of anilines is 3. The summed E-state index contributed by atoms with van der Waals surface area (Å²) in [6.45, 7) is 0. The number of nitrogens with one attached hydrogen (secondary N) is 2. The Bertz CT molecular complexity index is 1030. The zero-order valence-corrected chi connectivity index (χ0v) is 15.4. The van der Waals surface area contributed by atoms with Gasteiger partial charge in [-0.05, 0) is 48.5 Å². The minimum Gasteiger partial charge on any atom is -0.497 e. The number of nitrogens with zero attached hydrogens (tertiary/aromatic N) is 2. The second-order valence-electron chi connectivity index (χ2n) is 5.76. The highest BCUT2D eigenvalue weighted by atomic mass is 16.5. The fraction of sp³-hybridized carbons (Fsp3) is 0.0952. The van der Waals surface area contributed by atoms with Gasteiger partial charge in [0, 0.05) is 23.5 Å². The summed E-state index contributed by atoms with van der Waals surface area (Å²) in [5, 5.41) is 14.8. The molecule has 0 aliphatic heterocycles. The molecule has 3 aromatic rings. The van der Waals surface area contributed by atoms with Gasteiger partial charge in [-0.1, -0.05) is 0 Å². The van der Waals surface area contributed by atoms with Gasteiger partial charge in [0.25, 0.3) is 5.91 Å². The highest BCUT2D eigenvalue weighted by molar-refractivity contribution is 6.04. The fourth-order valence-electron chi connectivity index (χ4n) is 2.51. The van der Waals surface area contributed by atoms with Crippen LogP contribution in [0, 0.1) is 11.3 Å². The zero-order valence-electron chi connectivity index (χ0n) is 15.4. The van der Waals surface area contributed by atoms with E-state index in [1.165, 1.54) is 0 Å². The Balaban J connectivity index is 1.76. The molecule has 0 aliphatic carbocycles. The number of ether oxygens (including phenoxy) is 2. The standard InChI is InChI=1S/C21H18N4O3/c1-27-17-7-8-18(19(12-17)28-2)25-20-11-15(9-10-23-20)21(26)24-16-5-3-14(13-22)4-6-16/h3-12H,1-2H3,(H,23,25)(H,24,26). The van der Waals surface area contributed by atoms with Crippen LogP contribution in [-0.2, 0) is 0 Å². The zero-order chi connectivity index (χ0) is 19.9. The molecule has 1 amide bonds. The van der Waals surface area contributed by atoms with Gasteiger partial charge in [-0.25, -0.2) is 4.98 Å². The quantitative estimate of drug-likeness (QED) is 0.678. The summed E-state index contributed by atoms with van der Waals surface area (Å²) in [7, 11) is 3.15. The summed E-state index contributed by atoms with van der Waals surface area (Å²) < 4.78 is 10.6. The van der Waals surface area contributed by atoms with Crippen LogP contribution < -0.4 is 20.1 Å². The first kappa shape index (κ1) is 18.7. The van der Waals surface area contributed by atoms with E-state index in [0.29, 0.717) is 39.8 Å². The molecule has 0 radical (unpaired) electrons. The molecular weight excluding hydrogens is 356 g/mol. The number of benzene rings is 2. The molecule has 7 nitrogen and oxygen atoms in total. The Labute approximate surface area is 162 Å². The van der Waals surface area contributed by atoms with Crippen LogP contribution in [0.3, 0.4) is 0 Å². The molecule has 0 saturated heterocycles. The van der Waals surface area contributed by atoms with Crippen molar-refractivity contribution in [3.63, 3.8) is 0 Å². The molecule has 0 aliphatic rings. The predicted molar refractivity (Wildman–Crippen MR) is 106 cm³/mol. The lowest BCUT2D eigenvalue weighted by Gasteiger charge is -2.12. The van der Waals surface area contributed by atoms with Gasteiger partial charge >= 0.3 is 0 Å². The fourth-order valence-corrected chi connectivity index (χ4v) is 2.51. The first-order valence-corrected chi connectivity index (χ1v) is 8.39. The minimum absolute atomic E-state index is 0.281. The number of carbonyl (C=O) groups is 1. The summed E-state index contributed by atoms with van der Waals surface area (Å²) in [6, 6.07) is 17.3. The van der Waals surface area contributed by atoms with Crippen molar-refractivity contribution < 1.29 is 14.3 Å². The van der Waals surface area contributed by atoms with E-state index < -0.39 is 0 Å². The molecule has 3 rings (SSSR count). The van der Waals surface area contributed by atoms with Gasteiger partial charge in [0.05, 0.1) is 31.5 Å². The third kappa shape index (κ3) is 4.37. The third-order valence-electron chi connectivity index (χ3n) is 3.97. The molecule has 0 spiro atoms. The lowest BCUT2D eigenvalue weighted by atomic mass is 10.2. The highest BCUT2D eigenvalue weighted by Crippen LogP contribution is 2.31. The molecule has 1 heterocycles. The molecular formula is C21H18N4O3. The average molecular weight is 374 g/mol. The van der Waals surface area contributed by atoms with Crippen molar-refractivity contribution in [2.75, 3.05) is 24.9 Å². The van der Waals surface area contributed by atoms with Crippen molar-refractivity contribution in [1.82, 2.24) is 4.98 Å². The number of carbonyl (C=O) groups excluding carboxylic acids is 1. The lowest BCUT2D eigenvalue weighted by Crippen LogP contribution is -2.12. The monoisotopic (exact) mass is 374 g/mol. The third-order valence-corrected chi connectivity index (χ3v) is 3.97. The van der Waals surface area contributed by atoms with Gasteiger partial charge in [0.15, 0.2) is 0 Å². The van der Waals surface area contributed by atoms with Crippen molar-refractivity contribution in [2.45, 2.75) is 0 Å². The summed E-state index contributed by atoms with van der Waals surface area (Å²) in [4.78, 5) is 16.8. The van der Waals surface area contributed by atoms with Gasteiger partial charge in [-0.2, -0.15) is 5.26 Å². The molecule has 7 heteroatoms. The molecule has 0 fully saturated rings. The topological polar surface area (TPSA) is 96.3 Å². The number of nitriles is 1. The number of hydrogen-bond acceptors (Lipinski definition) is 6. The van der Waals surface area contributed by atoms with Crippen LogP contribution in [-0.4, -0.2) is 25.1 Å². The molecule has 0 bridgehead atoms. The van der Waals surface area contributed by atoms with Gasteiger partial charge in [-0.15, -0.1) is 0 Å². The van der Waals surface area contributed by atoms with Crippen molar-refractivity contribution >= 4 is 23.1 Å². The van der Waals surface area contributed by atoms with Crippen molar-refractivity contribution in [2.24, 2.45) is 0 Å². The van der Waals surface area contributed by atoms with Crippen LogP contribution in [0.25, 0.3) is 0 Å². The van der Waals surface area contributed by atoms with E-state index in [1.807, 2.05) is 12.1 Å². The Kier molecular flexibility index (Phi) is 5.72. The second-order valence-corrected chi connectivity index (χ2v) is 5.76. The largest absolute Gasteiger partial charge is 0.497 e. The maximum Gasteiger partial charge on any atom is 0.255 e. The SMILES string of the molecule is COc1ccc(Nc2cc(C(=O)Nc3ccc(C#N)cc3)ccn2)c(OC)c1. The van der Waals surface area contributed by atoms with Crippen LogP contribution in [0.2, 0.25) is 0 Å². The Morgan fingerprint density at radius 2 is 1.82 bits per heavy atom. The molecule has 2 N–H and O–H groups in total. The number of methoxy groups -OCH3 is 2. The molecule has 0 unspecified atom stereocenters. The number of aromatic nitrogens is 1. The first-order chi connectivity index (χ1) is 13.6. The van der Waals surface area contributed by atoms with E-state index in [9.17, 15) is 4.79 Å². The number of amides is 1. The van der Waals surface area contributed by atoms with Crippen LogP contribution in [0.15, 0.2) is 60.8 Å². The smallest absolute Gasteiger partial charge is 0.255 e. The first-order valence-electron chi connectivity index (χ1n) is 8.39. The number of hydrogen-bond donors (Lipinski definition) is 2. The van der Waals surface area contributed by atoms with Crippen LogP contribution in [0.4, 0.5) is 17.2 Å². The van der Waals surface area contributed by atoms with E-state index in [2.05, 4.69) is 15.6 Å². The lowest BCUT2D eigenvalue weighted by molar-refractivity contribution is 0.102. The van der Waals surface area contributed by atoms with Crippen molar-refractivity contribution in [3.05, 3.63) is 71.9 Å². The minimum atomic E-state index is -0.281. The molecule has 0 saturated carbocycles. The van der Waals surface area contributed by atoms with E-state index in [-0.39, 0.29) is 5.91 Å².